The topological polar surface area (TPSA) is 59.6 Å². The third-order valence-corrected chi connectivity index (χ3v) is 2.66. The summed E-state index contributed by atoms with van der Waals surface area (Å²) >= 11 is 10.4. The highest BCUT2D eigenvalue weighted by Gasteiger charge is 1.97. The quantitative estimate of drug-likeness (QED) is 0.517. The second-order valence-corrected chi connectivity index (χ2v) is 4.74. The van der Waals surface area contributed by atoms with Gasteiger partial charge in [-0.2, -0.15) is 5.10 Å². The Morgan fingerprint density at radius 1 is 1.10 bits per heavy atom. The largest absolute Gasteiger partial charge is 0.457 e. The maximum absolute atomic E-state index is 5.81. The van der Waals surface area contributed by atoms with Gasteiger partial charge in [-0.1, -0.05) is 11.6 Å². The average molecular weight is 306 g/mol. The SMILES string of the molecule is NC(=S)NN=Cc1ccc(Oc2ccc(Cl)cc2)cc1. The Bertz CT molecular complexity index is 611. The van der Waals surface area contributed by atoms with Crippen LogP contribution in [0.5, 0.6) is 11.5 Å². The number of nitrogens with zero attached hydrogens (tertiary/aromatic N) is 1. The minimum atomic E-state index is 0.129. The van der Waals surface area contributed by atoms with Crippen molar-refractivity contribution in [1.82, 2.24) is 5.43 Å². The van der Waals surface area contributed by atoms with Crippen molar-refractivity contribution in [1.29, 1.82) is 0 Å². The van der Waals surface area contributed by atoms with Crippen LogP contribution in [0.15, 0.2) is 53.6 Å². The van der Waals surface area contributed by atoms with E-state index >= 15 is 0 Å². The first-order chi connectivity index (χ1) is 9.63. The highest BCUT2D eigenvalue weighted by Crippen LogP contribution is 2.22. The van der Waals surface area contributed by atoms with E-state index in [2.05, 4.69) is 22.7 Å². The zero-order valence-electron chi connectivity index (χ0n) is 10.4. The maximum Gasteiger partial charge on any atom is 0.184 e. The fraction of sp³-hybridized carbons (Fsp3) is 0. The van der Waals surface area contributed by atoms with Gasteiger partial charge in [-0.15, -0.1) is 0 Å². The van der Waals surface area contributed by atoms with Crippen LogP contribution in [-0.4, -0.2) is 11.3 Å². The van der Waals surface area contributed by atoms with Crippen LogP contribution >= 0.6 is 23.8 Å². The summed E-state index contributed by atoms with van der Waals surface area (Å²) in [5.41, 5.74) is 8.64. The number of rotatable bonds is 4. The molecule has 0 fully saturated rings. The second kappa shape index (κ2) is 6.88. The van der Waals surface area contributed by atoms with Crippen LogP contribution in [-0.2, 0) is 0 Å². The molecule has 0 amide bonds. The second-order valence-electron chi connectivity index (χ2n) is 3.86. The van der Waals surface area contributed by atoms with Crippen LogP contribution in [0, 0.1) is 0 Å². The molecule has 0 heterocycles. The first-order valence-electron chi connectivity index (χ1n) is 5.75. The van der Waals surface area contributed by atoms with Gasteiger partial charge in [-0.25, -0.2) is 0 Å². The number of hydrogen-bond acceptors (Lipinski definition) is 3. The molecule has 0 aliphatic rings. The number of halogens is 1. The summed E-state index contributed by atoms with van der Waals surface area (Å²) in [5, 5.41) is 4.67. The molecule has 0 radical (unpaired) electrons. The summed E-state index contributed by atoms with van der Waals surface area (Å²) in [6, 6.07) is 14.6. The van der Waals surface area contributed by atoms with Crippen molar-refractivity contribution in [2.24, 2.45) is 10.8 Å². The molecule has 6 heteroatoms. The van der Waals surface area contributed by atoms with E-state index in [9.17, 15) is 0 Å². The van der Waals surface area contributed by atoms with Gasteiger partial charge in [-0.05, 0) is 66.3 Å². The van der Waals surface area contributed by atoms with Gasteiger partial charge in [0.15, 0.2) is 5.11 Å². The number of ether oxygens (including phenoxy) is 1. The van der Waals surface area contributed by atoms with Crippen molar-refractivity contribution in [2.45, 2.75) is 0 Å². The molecule has 0 aliphatic heterocycles. The molecule has 2 aromatic carbocycles. The molecular weight excluding hydrogens is 294 g/mol. The van der Waals surface area contributed by atoms with E-state index in [4.69, 9.17) is 22.1 Å². The maximum atomic E-state index is 5.81. The molecule has 0 unspecified atom stereocenters. The third kappa shape index (κ3) is 4.53. The molecule has 0 spiro atoms. The molecule has 20 heavy (non-hydrogen) atoms. The first kappa shape index (κ1) is 14.3. The number of benzene rings is 2. The predicted octanol–water partition coefficient (Wildman–Crippen LogP) is 3.30. The molecule has 4 nitrogen and oxygen atoms in total. The smallest absolute Gasteiger partial charge is 0.184 e. The lowest BCUT2D eigenvalue weighted by atomic mass is 10.2. The lowest BCUT2D eigenvalue weighted by Gasteiger charge is -2.05. The van der Waals surface area contributed by atoms with E-state index in [1.165, 1.54) is 0 Å². The van der Waals surface area contributed by atoms with Crippen molar-refractivity contribution in [3.63, 3.8) is 0 Å². The zero-order valence-corrected chi connectivity index (χ0v) is 12.0. The van der Waals surface area contributed by atoms with Crippen LogP contribution in [0.2, 0.25) is 5.02 Å². The van der Waals surface area contributed by atoms with Gasteiger partial charge in [0.1, 0.15) is 11.5 Å². The van der Waals surface area contributed by atoms with E-state index < -0.39 is 0 Å². The van der Waals surface area contributed by atoms with Crippen LogP contribution in [0.1, 0.15) is 5.56 Å². The van der Waals surface area contributed by atoms with E-state index in [-0.39, 0.29) is 5.11 Å². The predicted molar refractivity (Wildman–Crippen MR) is 85.5 cm³/mol. The van der Waals surface area contributed by atoms with Gasteiger partial charge in [-0.3, -0.25) is 5.43 Å². The van der Waals surface area contributed by atoms with Gasteiger partial charge >= 0.3 is 0 Å². The van der Waals surface area contributed by atoms with Crippen LogP contribution in [0.3, 0.4) is 0 Å². The summed E-state index contributed by atoms with van der Waals surface area (Å²) in [7, 11) is 0. The fourth-order valence-electron chi connectivity index (χ4n) is 1.43. The molecule has 0 bridgehead atoms. The van der Waals surface area contributed by atoms with Gasteiger partial charge in [0.05, 0.1) is 6.21 Å². The van der Waals surface area contributed by atoms with Gasteiger partial charge in [0, 0.05) is 5.02 Å². The molecule has 0 saturated carbocycles. The van der Waals surface area contributed by atoms with E-state index in [1.807, 2.05) is 36.4 Å². The Labute approximate surface area is 127 Å². The molecule has 0 aliphatic carbocycles. The zero-order chi connectivity index (χ0) is 14.4. The van der Waals surface area contributed by atoms with E-state index in [0.717, 1.165) is 17.1 Å². The van der Waals surface area contributed by atoms with Crippen molar-refractivity contribution >= 4 is 35.1 Å². The molecule has 3 N–H and O–H groups in total. The number of nitrogens with two attached hydrogens (primary N) is 1. The molecule has 102 valence electrons. The third-order valence-electron chi connectivity index (χ3n) is 2.32. The number of hydrogen-bond donors (Lipinski definition) is 2. The molecule has 2 aromatic rings. The highest BCUT2D eigenvalue weighted by atomic mass is 35.5. The van der Waals surface area contributed by atoms with Crippen molar-refractivity contribution in [3.8, 4) is 11.5 Å². The Hall–Kier alpha value is -2.11. The van der Waals surface area contributed by atoms with Crippen LogP contribution in [0.25, 0.3) is 0 Å². The lowest BCUT2D eigenvalue weighted by molar-refractivity contribution is 0.482. The fourth-order valence-corrected chi connectivity index (χ4v) is 1.61. The average Bonchev–Trinajstić information content (AvgIpc) is 2.43. The molecule has 0 atom stereocenters. The number of hydrazone groups is 1. The van der Waals surface area contributed by atoms with Gasteiger partial charge in [0.2, 0.25) is 0 Å². The summed E-state index contributed by atoms with van der Waals surface area (Å²) in [4.78, 5) is 0. The lowest BCUT2D eigenvalue weighted by Crippen LogP contribution is -2.23. The van der Waals surface area contributed by atoms with Crippen molar-refractivity contribution < 1.29 is 4.74 Å². The van der Waals surface area contributed by atoms with Crippen molar-refractivity contribution in [3.05, 3.63) is 59.1 Å². The van der Waals surface area contributed by atoms with Crippen molar-refractivity contribution in [2.75, 3.05) is 0 Å². The molecule has 2 rings (SSSR count). The highest BCUT2D eigenvalue weighted by molar-refractivity contribution is 7.80. The summed E-state index contributed by atoms with van der Waals surface area (Å²) in [6.07, 6.45) is 1.62. The van der Waals surface area contributed by atoms with Gasteiger partial charge in [0.25, 0.3) is 0 Å². The molecule has 0 saturated heterocycles. The minimum absolute atomic E-state index is 0.129. The number of nitrogens with one attached hydrogen (secondary N) is 1. The Balaban J connectivity index is 1.99. The molecule has 0 aromatic heterocycles. The van der Waals surface area contributed by atoms with Gasteiger partial charge < -0.3 is 10.5 Å². The Morgan fingerprint density at radius 2 is 1.65 bits per heavy atom. The Morgan fingerprint density at radius 3 is 2.20 bits per heavy atom. The van der Waals surface area contributed by atoms with Crippen LogP contribution < -0.4 is 15.9 Å². The first-order valence-corrected chi connectivity index (χ1v) is 6.54. The monoisotopic (exact) mass is 305 g/mol. The van der Waals surface area contributed by atoms with E-state index in [0.29, 0.717) is 5.02 Å². The summed E-state index contributed by atoms with van der Waals surface area (Å²) in [5.74, 6) is 1.46. The summed E-state index contributed by atoms with van der Waals surface area (Å²) < 4.78 is 5.67. The Kier molecular flexibility index (Phi) is 4.92. The van der Waals surface area contributed by atoms with Crippen LogP contribution in [0.4, 0.5) is 0 Å². The minimum Gasteiger partial charge on any atom is -0.457 e. The summed E-state index contributed by atoms with van der Waals surface area (Å²) in [6.45, 7) is 0. The normalized spacial score (nSPS) is 10.4. The van der Waals surface area contributed by atoms with E-state index in [1.54, 1.807) is 18.3 Å². The standard InChI is InChI=1S/C14H12ClN3OS/c15-11-3-7-13(8-4-11)19-12-5-1-10(2-6-12)9-17-18-14(16)20/h1-9H,(H3,16,18,20). The number of thiocarbonyl (C=S) groups is 1. The molecular formula is C14H12ClN3OS.